The van der Waals surface area contributed by atoms with E-state index in [-0.39, 0.29) is 0 Å². The lowest BCUT2D eigenvalue weighted by Gasteiger charge is -2.08. The van der Waals surface area contributed by atoms with E-state index in [1.54, 1.807) is 6.20 Å². The van der Waals surface area contributed by atoms with Crippen molar-refractivity contribution in [1.29, 1.82) is 0 Å². The lowest BCUT2D eigenvalue weighted by atomic mass is 9.97. The molecule has 0 aliphatic carbocycles. The molecule has 3 rings (SSSR count). The third-order valence-electron chi connectivity index (χ3n) is 3.30. The van der Waals surface area contributed by atoms with Gasteiger partial charge in [-0.05, 0) is 47.9 Å². The molecule has 92 valence electrons. The molecule has 0 bridgehead atoms. The first-order valence-corrected chi connectivity index (χ1v) is 6.19. The van der Waals surface area contributed by atoms with Crippen LogP contribution in [0, 0.1) is 6.92 Å². The molecule has 19 heavy (non-hydrogen) atoms. The van der Waals surface area contributed by atoms with Gasteiger partial charge in [0.05, 0.1) is 5.52 Å². The van der Waals surface area contributed by atoms with Crippen molar-refractivity contribution in [3.05, 3.63) is 65.9 Å². The van der Waals surface area contributed by atoms with E-state index in [0.29, 0.717) is 5.56 Å². The molecule has 0 amide bonds. The van der Waals surface area contributed by atoms with E-state index in [2.05, 4.69) is 23.2 Å². The van der Waals surface area contributed by atoms with Crippen LogP contribution in [0.15, 0.2) is 54.7 Å². The van der Waals surface area contributed by atoms with Crippen LogP contribution >= 0.6 is 0 Å². The van der Waals surface area contributed by atoms with Crippen LogP contribution < -0.4 is 0 Å². The zero-order valence-electron chi connectivity index (χ0n) is 10.6. The smallest absolute Gasteiger partial charge is 0.150 e. The molecular formula is C17H13NO. The van der Waals surface area contributed by atoms with Crippen molar-refractivity contribution in [2.75, 3.05) is 0 Å². The average molecular weight is 247 g/mol. The molecule has 0 saturated heterocycles. The molecule has 0 aliphatic rings. The maximum Gasteiger partial charge on any atom is 0.150 e. The zero-order valence-corrected chi connectivity index (χ0v) is 10.6. The van der Waals surface area contributed by atoms with Crippen molar-refractivity contribution in [2.45, 2.75) is 6.92 Å². The predicted molar refractivity (Wildman–Crippen MR) is 77.3 cm³/mol. The van der Waals surface area contributed by atoms with Crippen molar-refractivity contribution < 1.29 is 4.79 Å². The monoisotopic (exact) mass is 247 g/mol. The van der Waals surface area contributed by atoms with Crippen LogP contribution in [0.5, 0.6) is 0 Å². The molecule has 1 heterocycles. The van der Waals surface area contributed by atoms with Gasteiger partial charge >= 0.3 is 0 Å². The van der Waals surface area contributed by atoms with E-state index in [1.165, 1.54) is 0 Å². The number of fused-ring (bicyclic) bond motifs is 1. The van der Waals surface area contributed by atoms with E-state index in [1.807, 2.05) is 37.3 Å². The Morgan fingerprint density at radius 2 is 1.95 bits per heavy atom. The number of aldehydes is 1. The van der Waals surface area contributed by atoms with Gasteiger partial charge < -0.3 is 0 Å². The molecule has 2 aromatic carbocycles. The molecule has 0 N–H and O–H groups in total. The van der Waals surface area contributed by atoms with E-state index >= 15 is 0 Å². The van der Waals surface area contributed by atoms with Gasteiger partial charge in [-0.3, -0.25) is 9.78 Å². The fourth-order valence-corrected chi connectivity index (χ4v) is 2.33. The van der Waals surface area contributed by atoms with Gasteiger partial charge in [0, 0.05) is 17.1 Å². The van der Waals surface area contributed by atoms with Gasteiger partial charge in [0.1, 0.15) is 6.29 Å². The highest BCUT2D eigenvalue weighted by Crippen LogP contribution is 2.26. The number of carbonyl (C=O) groups is 1. The standard InChI is InChI=1S/C17H13NO/c1-12-9-13(11-19)4-6-16(12)14-5-7-17-15(10-14)3-2-8-18-17/h2-11H,1H3. The number of aromatic nitrogens is 1. The Hall–Kier alpha value is -2.48. The van der Waals surface area contributed by atoms with Gasteiger partial charge in [-0.1, -0.05) is 24.3 Å². The van der Waals surface area contributed by atoms with Crippen LogP contribution in [-0.2, 0) is 0 Å². The molecule has 2 nitrogen and oxygen atoms in total. The lowest BCUT2D eigenvalue weighted by Crippen LogP contribution is -1.87. The summed E-state index contributed by atoms with van der Waals surface area (Å²) in [5.74, 6) is 0. The molecule has 2 heteroatoms. The maximum absolute atomic E-state index is 10.8. The molecule has 0 unspecified atom stereocenters. The minimum atomic E-state index is 0.712. The summed E-state index contributed by atoms with van der Waals surface area (Å²) in [5.41, 5.74) is 5.11. The minimum Gasteiger partial charge on any atom is -0.298 e. The van der Waals surface area contributed by atoms with Crippen LogP contribution in [0.2, 0.25) is 0 Å². The normalized spacial score (nSPS) is 10.6. The largest absolute Gasteiger partial charge is 0.298 e. The Labute approximate surface area is 111 Å². The summed E-state index contributed by atoms with van der Waals surface area (Å²) in [6.07, 6.45) is 2.67. The molecule has 0 spiro atoms. The van der Waals surface area contributed by atoms with Crippen LogP contribution in [0.25, 0.3) is 22.0 Å². The molecule has 0 aliphatic heterocycles. The summed E-state index contributed by atoms with van der Waals surface area (Å²) in [4.78, 5) is 15.1. The Morgan fingerprint density at radius 1 is 1.05 bits per heavy atom. The molecular weight excluding hydrogens is 234 g/mol. The van der Waals surface area contributed by atoms with Crippen LogP contribution in [0.3, 0.4) is 0 Å². The SMILES string of the molecule is Cc1cc(C=O)ccc1-c1ccc2ncccc2c1. The van der Waals surface area contributed by atoms with Gasteiger partial charge in [0.15, 0.2) is 0 Å². The van der Waals surface area contributed by atoms with Gasteiger partial charge in [-0.2, -0.15) is 0 Å². The number of nitrogens with zero attached hydrogens (tertiary/aromatic N) is 1. The van der Waals surface area contributed by atoms with Crippen molar-refractivity contribution >= 4 is 17.2 Å². The van der Waals surface area contributed by atoms with Crippen LogP contribution in [0.1, 0.15) is 15.9 Å². The van der Waals surface area contributed by atoms with Crippen molar-refractivity contribution in [1.82, 2.24) is 4.98 Å². The number of aryl methyl sites for hydroxylation is 1. The van der Waals surface area contributed by atoms with Gasteiger partial charge in [0.2, 0.25) is 0 Å². The molecule has 3 aromatic rings. The Kier molecular flexibility index (Phi) is 2.84. The fourth-order valence-electron chi connectivity index (χ4n) is 2.33. The van der Waals surface area contributed by atoms with E-state index in [9.17, 15) is 4.79 Å². The molecule has 0 saturated carbocycles. The molecule has 0 radical (unpaired) electrons. The van der Waals surface area contributed by atoms with E-state index in [0.717, 1.165) is 33.9 Å². The van der Waals surface area contributed by atoms with Crippen molar-refractivity contribution in [2.24, 2.45) is 0 Å². The second-order valence-electron chi connectivity index (χ2n) is 4.60. The molecule has 0 fully saturated rings. The highest BCUT2D eigenvalue weighted by molar-refractivity contribution is 5.86. The number of hydrogen-bond acceptors (Lipinski definition) is 2. The van der Waals surface area contributed by atoms with E-state index in [4.69, 9.17) is 0 Å². The topological polar surface area (TPSA) is 30.0 Å². The molecule has 0 atom stereocenters. The number of pyridine rings is 1. The average Bonchev–Trinajstić information content (AvgIpc) is 2.46. The lowest BCUT2D eigenvalue weighted by molar-refractivity contribution is 0.112. The summed E-state index contributed by atoms with van der Waals surface area (Å²) in [5, 5.41) is 1.12. The highest BCUT2D eigenvalue weighted by Gasteiger charge is 2.04. The van der Waals surface area contributed by atoms with E-state index < -0.39 is 0 Å². The Bertz CT molecular complexity index is 762. The highest BCUT2D eigenvalue weighted by atomic mass is 16.1. The number of rotatable bonds is 2. The van der Waals surface area contributed by atoms with Crippen LogP contribution in [0.4, 0.5) is 0 Å². The summed E-state index contributed by atoms with van der Waals surface area (Å²) >= 11 is 0. The summed E-state index contributed by atoms with van der Waals surface area (Å²) in [7, 11) is 0. The summed E-state index contributed by atoms with van der Waals surface area (Å²) in [6, 6.07) is 16.0. The van der Waals surface area contributed by atoms with Crippen molar-refractivity contribution in [3.8, 4) is 11.1 Å². The first kappa shape index (κ1) is 11.6. The quantitative estimate of drug-likeness (QED) is 0.640. The second kappa shape index (κ2) is 4.65. The molecule has 1 aromatic heterocycles. The third kappa shape index (κ3) is 2.13. The maximum atomic E-state index is 10.8. The zero-order chi connectivity index (χ0) is 13.2. The van der Waals surface area contributed by atoms with Crippen LogP contribution in [-0.4, -0.2) is 11.3 Å². The third-order valence-corrected chi connectivity index (χ3v) is 3.30. The predicted octanol–water partition coefficient (Wildman–Crippen LogP) is 4.02. The van der Waals surface area contributed by atoms with Gasteiger partial charge in [0.25, 0.3) is 0 Å². The fraction of sp³-hybridized carbons (Fsp3) is 0.0588. The summed E-state index contributed by atoms with van der Waals surface area (Å²) in [6.45, 7) is 2.02. The number of benzene rings is 2. The Balaban J connectivity index is 2.16. The first-order chi connectivity index (χ1) is 9.28. The number of carbonyl (C=O) groups excluding carboxylic acids is 1. The minimum absolute atomic E-state index is 0.712. The van der Waals surface area contributed by atoms with Crippen molar-refractivity contribution in [3.63, 3.8) is 0 Å². The van der Waals surface area contributed by atoms with Gasteiger partial charge in [-0.25, -0.2) is 0 Å². The second-order valence-corrected chi connectivity index (χ2v) is 4.60. The Morgan fingerprint density at radius 3 is 2.74 bits per heavy atom. The number of hydrogen-bond donors (Lipinski definition) is 0. The summed E-state index contributed by atoms with van der Waals surface area (Å²) < 4.78 is 0. The van der Waals surface area contributed by atoms with Gasteiger partial charge in [-0.15, -0.1) is 0 Å². The first-order valence-electron chi connectivity index (χ1n) is 6.19.